The predicted molar refractivity (Wildman–Crippen MR) is 119 cm³/mol. The molecule has 0 aromatic carbocycles. The Kier molecular flexibility index (Phi) is 6.85. The first-order valence-corrected chi connectivity index (χ1v) is 10.1. The lowest BCUT2D eigenvalue weighted by atomic mass is 10.0. The van der Waals surface area contributed by atoms with E-state index in [1.165, 1.54) is 19.4 Å². The second kappa shape index (κ2) is 9.41. The molecule has 3 aromatic rings. The fourth-order valence-electron chi connectivity index (χ4n) is 3.15. The predicted octanol–water partition coefficient (Wildman–Crippen LogP) is 2.89. The quantitative estimate of drug-likeness (QED) is 0.430. The van der Waals surface area contributed by atoms with Crippen molar-refractivity contribution in [2.75, 3.05) is 31.5 Å². The number of aliphatic hydroxyl groups is 1. The molecule has 0 saturated heterocycles. The topological polar surface area (TPSA) is 128 Å². The van der Waals surface area contributed by atoms with Gasteiger partial charge in [-0.15, -0.1) is 0 Å². The maximum absolute atomic E-state index is 12.7. The Morgan fingerprint density at radius 2 is 2.09 bits per heavy atom. The first-order valence-electron chi connectivity index (χ1n) is 10.1. The van der Waals surface area contributed by atoms with Crippen molar-refractivity contribution in [3.05, 3.63) is 42.1 Å². The third-order valence-corrected chi connectivity index (χ3v) is 5.22. The minimum atomic E-state index is -0.979. The smallest absolute Gasteiger partial charge is 0.356 e. The number of carbonyl (C=O) groups excluding carboxylic acids is 2. The van der Waals surface area contributed by atoms with E-state index in [0.717, 1.165) is 0 Å². The summed E-state index contributed by atoms with van der Waals surface area (Å²) in [6, 6.07) is 4.59. The lowest BCUT2D eigenvalue weighted by Gasteiger charge is -2.27. The summed E-state index contributed by atoms with van der Waals surface area (Å²) in [4.78, 5) is 30.0. The molecule has 3 rings (SSSR count). The van der Waals surface area contributed by atoms with Crippen LogP contribution in [0, 0.1) is 0 Å². The van der Waals surface area contributed by atoms with Crippen LogP contribution in [0.15, 0.2) is 35.1 Å². The second-order valence-corrected chi connectivity index (χ2v) is 7.91. The summed E-state index contributed by atoms with van der Waals surface area (Å²) in [5, 5.41) is 16.8. The van der Waals surface area contributed by atoms with E-state index >= 15 is 0 Å². The van der Waals surface area contributed by atoms with Gasteiger partial charge in [-0.25, -0.2) is 9.78 Å². The van der Waals surface area contributed by atoms with Crippen LogP contribution in [0.2, 0.25) is 0 Å². The highest BCUT2D eigenvalue weighted by Crippen LogP contribution is 2.33. The highest BCUT2D eigenvalue weighted by atomic mass is 16.5. The molecule has 0 aliphatic carbocycles. The third-order valence-electron chi connectivity index (χ3n) is 5.22. The molecule has 0 aliphatic heterocycles. The standard InChI is InChI=1S/C22H28N4O6/c1-13(22(2,3)29)24-14-11-15-17(25-20(27)16-7-6-9-32-16)18(21(28)31-5)26(8-10-30-4)19(15)23-12-14/h6-7,9,11-13,24,29H,8,10H2,1-5H3,(H,25,27). The number of nitrogens with zero attached hydrogens (tertiary/aromatic N) is 2. The molecule has 3 aromatic heterocycles. The van der Waals surface area contributed by atoms with Crippen molar-refractivity contribution in [2.24, 2.45) is 0 Å². The minimum Gasteiger partial charge on any atom is -0.464 e. The molecule has 10 nitrogen and oxygen atoms in total. The van der Waals surface area contributed by atoms with Gasteiger partial charge in [0.1, 0.15) is 5.65 Å². The van der Waals surface area contributed by atoms with Crippen molar-refractivity contribution in [3.63, 3.8) is 0 Å². The molecule has 1 atom stereocenters. The number of hydrogen-bond acceptors (Lipinski definition) is 8. The van der Waals surface area contributed by atoms with Gasteiger partial charge < -0.3 is 34.2 Å². The summed E-state index contributed by atoms with van der Waals surface area (Å²) in [5.41, 5.74) is 0.489. The highest BCUT2D eigenvalue weighted by molar-refractivity contribution is 6.14. The van der Waals surface area contributed by atoms with Gasteiger partial charge in [0.25, 0.3) is 5.91 Å². The van der Waals surface area contributed by atoms with Crippen LogP contribution in [0.3, 0.4) is 0 Å². The Morgan fingerprint density at radius 1 is 1.34 bits per heavy atom. The summed E-state index contributed by atoms with van der Waals surface area (Å²) in [6.45, 7) is 5.86. The number of ether oxygens (including phenoxy) is 2. The molecule has 1 unspecified atom stereocenters. The molecule has 1 amide bonds. The summed E-state index contributed by atoms with van der Waals surface area (Å²) in [6.07, 6.45) is 2.99. The Labute approximate surface area is 185 Å². The average Bonchev–Trinajstić information content (AvgIpc) is 3.38. The molecule has 3 N–H and O–H groups in total. The third kappa shape index (κ3) is 4.76. The molecule has 3 heterocycles. The number of amides is 1. The van der Waals surface area contributed by atoms with E-state index in [-0.39, 0.29) is 23.2 Å². The van der Waals surface area contributed by atoms with Gasteiger partial charge in [-0.2, -0.15) is 0 Å². The van der Waals surface area contributed by atoms with E-state index in [4.69, 9.17) is 13.9 Å². The van der Waals surface area contributed by atoms with Crippen LogP contribution in [0.1, 0.15) is 41.8 Å². The van der Waals surface area contributed by atoms with Gasteiger partial charge in [0.2, 0.25) is 0 Å². The zero-order chi connectivity index (χ0) is 23.5. The van der Waals surface area contributed by atoms with Gasteiger partial charge in [0.15, 0.2) is 11.5 Å². The maximum atomic E-state index is 12.7. The minimum absolute atomic E-state index is 0.0940. The first-order chi connectivity index (χ1) is 15.2. The Balaban J connectivity index is 2.16. The molecule has 0 bridgehead atoms. The van der Waals surface area contributed by atoms with Crippen LogP contribution in [-0.2, 0) is 16.0 Å². The molecular weight excluding hydrogens is 416 g/mol. The van der Waals surface area contributed by atoms with Gasteiger partial charge in [-0.1, -0.05) is 0 Å². The largest absolute Gasteiger partial charge is 0.464 e. The number of anilines is 2. The Bertz CT molecular complexity index is 1100. The van der Waals surface area contributed by atoms with Crippen LogP contribution in [0.5, 0.6) is 0 Å². The zero-order valence-electron chi connectivity index (χ0n) is 18.8. The fraction of sp³-hybridized carbons (Fsp3) is 0.409. The van der Waals surface area contributed by atoms with Gasteiger partial charge in [0.05, 0.1) is 49.2 Å². The summed E-state index contributed by atoms with van der Waals surface area (Å²) in [5.74, 6) is -1.06. The van der Waals surface area contributed by atoms with Crippen molar-refractivity contribution in [3.8, 4) is 0 Å². The van der Waals surface area contributed by atoms with E-state index in [9.17, 15) is 14.7 Å². The number of methoxy groups -OCH3 is 2. The normalized spacial score (nSPS) is 12.6. The van der Waals surface area contributed by atoms with Crippen LogP contribution in [0.4, 0.5) is 11.4 Å². The van der Waals surface area contributed by atoms with Crippen molar-refractivity contribution < 1.29 is 28.6 Å². The van der Waals surface area contributed by atoms with Crippen LogP contribution < -0.4 is 10.6 Å². The fourth-order valence-corrected chi connectivity index (χ4v) is 3.15. The Hall–Kier alpha value is -3.37. The van der Waals surface area contributed by atoms with E-state index in [1.807, 2.05) is 6.92 Å². The van der Waals surface area contributed by atoms with Crippen LogP contribution >= 0.6 is 0 Å². The summed E-state index contributed by atoms with van der Waals surface area (Å²) < 4.78 is 17.0. The SMILES string of the molecule is COCCn1c(C(=O)OC)c(NC(=O)c2ccco2)c2cc(NC(C)C(C)(C)O)cnc21. The number of rotatable bonds is 9. The molecule has 172 valence electrons. The molecule has 0 fully saturated rings. The lowest BCUT2D eigenvalue weighted by molar-refractivity contribution is 0.0587. The molecule has 0 spiro atoms. The van der Waals surface area contributed by atoms with Gasteiger partial charge in [-0.3, -0.25) is 4.79 Å². The number of aromatic nitrogens is 2. The van der Waals surface area contributed by atoms with Crippen LogP contribution in [-0.4, -0.2) is 59.0 Å². The monoisotopic (exact) mass is 444 g/mol. The number of carbonyl (C=O) groups is 2. The molecule has 0 saturated carbocycles. The first kappa shape index (κ1) is 23.3. The van der Waals surface area contributed by atoms with E-state index in [0.29, 0.717) is 29.9 Å². The summed E-state index contributed by atoms with van der Waals surface area (Å²) >= 11 is 0. The van der Waals surface area contributed by atoms with E-state index < -0.39 is 17.5 Å². The van der Waals surface area contributed by atoms with Gasteiger partial charge in [0, 0.05) is 19.0 Å². The molecular formula is C22H28N4O6. The second-order valence-electron chi connectivity index (χ2n) is 7.91. The molecule has 0 radical (unpaired) electrons. The van der Waals surface area contributed by atoms with Crippen LogP contribution in [0.25, 0.3) is 11.0 Å². The van der Waals surface area contributed by atoms with Gasteiger partial charge >= 0.3 is 5.97 Å². The number of fused-ring (bicyclic) bond motifs is 1. The van der Waals surface area contributed by atoms with Crippen molar-refractivity contribution >= 4 is 34.3 Å². The average molecular weight is 444 g/mol. The maximum Gasteiger partial charge on any atom is 0.356 e. The van der Waals surface area contributed by atoms with E-state index in [2.05, 4.69) is 15.6 Å². The number of furan rings is 1. The lowest BCUT2D eigenvalue weighted by Crippen LogP contribution is -2.39. The molecule has 0 aliphatic rings. The van der Waals surface area contributed by atoms with Gasteiger partial charge in [-0.05, 0) is 39.0 Å². The zero-order valence-corrected chi connectivity index (χ0v) is 18.8. The highest BCUT2D eigenvalue weighted by Gasteiger charge is 2.28. The molecule has 32 heavy (non-hydrogen) atoms. The van der Waals surface area contributed by atoms with Crippen molar-refractivity contribution in [1.29, 1.82) is 0 Å². The van der Waals surface area contributed by atoms with Crippen molar-refractivity contribution in [2.45, 2.75) is 39.0 Å². The Morgan fingerprint density at radius 3 is 2.69 bits per heavy atom. The molecule has 10 heteroatoms. The van der Waals surface area contributed by atoms with Crippen molar-refractivity contribution in [1.82, 2.24) is 9.55 Å². The summed E-state index contributed by atoms with van der Waals surface area (Å²) in [7, 11) is 2.82. The number of esters is 1. The van der Waals surface area contributed by atoms with E-state index in [1.54, 1.807) is 43.9 Å². The number of nitrogens with one attached hydrogen (secondary N) is 2. The number of hydrogen-bond donors (Lipinski definition) is 3. The number of pyridine rings is 1.